The minimum Gasteiger partial charge on any atom is -0.466 e. The van der Waals surface area contributed by atoms with Crippen LogP contribution in [0.25, 0.3) is 0 Å². The van der Waals surface area contributed by atoms with Gasteiger partial charge >= 0.3 is 0 Å². The summed E-state index contributed by atoms with van der Waals surface area (Å²) in [5.41, 5.74) is 5.87. The molecule has 1 heterocycles. The van der Waals surface area contributed by atoms with Gasteiger partial charge < -0.3 is 10.2 Å². The van der Waals surface area contributed by atoms with Gasteiger partial charge in [-0.1, -0.05) is 0 Å². The Balaban J connectivity index is 2.45. The predicted molar refractivity (Wildman–Crippen MR) is 58.8 cm³/mol. The summed E-state index contributed by atoms with van der Waals surface area (Å²) < 4.78 is 32.2. The number of nitrogens with two attached hydrogens (primary N) is 1. The van der Waals surface area contributed by atoms with Crippen molar-refractivity contribution in [2.45, 2.75) is 6.04 Å². The molecular weight excluding hydrogens is 280 g/mol. The average Bonchev–Trinajstić information content (AvgIpc) is 2.67. The summed E-state index contributed by atoms with van der Waals surface area (Å²) in [5, 5.41) is 0. The molecule has 0 fully saturated rings. The minimum absolute atomic E-state index is 0.0654. The summed E-state index contributed by atoms with van der Waals surface area (Å²) in [6.07, 6.45) is 1.43. The van der Waals surface area contributed by atoms with Crippen LogP contribution in [-0.4, -0.2) is 0 Å². The lowest BCUT2D eigenvalue weighted by Crippen LogP contribution is -2.13. The average molecular weight is 288 g/mol. The van der Waals surface area contributed by atoms with Crippen LogP contribution < -0.4 is 5.73 Å². The second-order valence-electron chi connectivity index (χ2n) is 3.28. The largest absolute Gasteiger partial charge is 0.466 e. The van der Waals surface area contributed by atoms with Crippen LogP contribution >= 0.6 is 15.9 Å². The summed E-state index contributed by atoms with van der Waals surface area (Å²) in [4.78, 5) is 0. The standard InChI is InChI=1S/C11H8BrF2NO/c12-8-3-4-16-11(8)10(15)7-5-6(13)1-2-9(7)14/h1-5,10H,15H2. The van der Waals surface area contributed by atoms with Gasteiger partial charge in [-0.3, -0.25) is 0 Å². The zero-order valence-electron chi connectivity index (χ0n) is 8.08. The molecule has 16 heavy (non-hydrogen) atoms. The number of rotatable bonds is 2. The van der Waals surface area contributed by atoms with Gasteiger partial charge in [0.1, 0.15) is 17.4 Å². The van der Waals surface area contributed by atoms with Gasteiger partial charge in [0, 0.05) is 5.56 Å². The van der Waals surface area contributed by atoms with E-state index in [9.17, 15) is 8.78 Å². The van der Waals surface area contributed by atoms with E-state index in [2.05, 4.69) is 15.9 Å². The maximum absolute atomic E-state index is 13.4. The molecule has 0 spiro atoms. The molecule has 0 aliphatic carbocycles. The van der Waals surface area contributed by atoms with Gasteiger partial charge in [-0.15, -0.1) is 0 Å². The first-order chi connectivity index (χ1) is 7.59. The van der Waals surface area contributed by atoms with Gasteiger partial charge in [0.25, 0.3) is 0 Å². The number of halogens is 3. The number of hydrogen-bond donors (Lipinski definition) is 1. The van der Waals surface area contributed by atoms with Gasteiger partial charge in [0.05, 0.1) is 16.8 Å². The molecule has 0 aliphatic rings. The lowest BCUT2D eigenvalue weighted by Gasteiger charge is -2.11. The molecule has 5 heteroatoms. The topological polar surface area (TPSA) is 39.2 Å². The van der Waals surface area contributed by atoms with Gasteiger partial charge in [0.2, 0.25) is 0 Å². The van der Waals surface area contributed by atoms with Gasteiger partial charge in [-0.05, 0) is 40.2 Å². The summed E-state index contributed by atoms with van der Waals surface area (Å²) >= 11 is 3.22. The number of benzene rings is 1. The van der Waals surface area contributed by atoms with E-state index >= 15 is 0 Å². The van der Waals surface area contributed by atoms with Crippen molar-refractivity contribution in [3.63, 3.8) is 0 Å². The van der Waals surface area contributed by atoms with E-state index in [1.165, 1.54) is 6.26 Å². The van der Waals surface area contributed by atoms with Crippen molar-refractivity contribution in [3.8, 4) is 0 Å². The third-order valence-electron chi connectivity index (χ3n) is 2.22. The van der Waals surface area contributed by atoms with Crippen LogP contribution in [0.5, 0.6) is 0 Å². The molecule has 0 radical (unpaired) electrons. The predicted octanol–water partition coefficient (Wildman–Crippen LogP) is 3.37. The second-order valence-corrected chi connectivity index (χ2v) is 4.13. The summed E-state index contributed by atoms with van der Waals surface area (Å²) in [6, 6.07) is 3.96. The van der Waals surface area contributed by atoms with Gasteiger partial charge in [-0.2, -0.15) is 0 Å². The zero-order valence-corrected chi connectivity index (χ0v) is 9.67. The SMILES string of the molecule is NC(c1cc(F)ccc1F)c1occc1Br. The third-order valence-corrected chi connectivity index (χ3v) is 2.88. The first-order valence-electron chi connectivity index (χ1n) is 4.53. The van der Waals surface area contributed by atoms with E-state index in [0.29, 0.717) is 10.2 Å². The Labute approximate surface area is 99.2 Å². The van der Waals surface area contributed by atoms with Crippen molar-refractivity contribution < 1.29 is 13.2 Å². The third kappa shape index (κ3) is 2.01. The Bertz CT molecular complexity index is 512. The van der Waals surface area contributed by atoms with Crippen molar-refractivity contribution in [1.29, 1.82) is 0 Å². The second kappa shape index (κ2) is 4.35. The molecular formula is C11H8BrF2NO. The van der Waals surface area contributed by atoms with Crippen LogP contribution in [0.15, 0.2) is 39.4 Å². The van der Waals surface area contributed by atoms with E-state index in [1.807, 2.05) is 0 Å². The summed E-state index contributed by atoms with van der Waals surface area (Å²) in [6.45, 7) is 0. The van der Waals surface area contributed by atoms with E-state index in [-0.39, 0.29) is 5.56 Å². The number of furan rings is 1. The highest BCUT2D eigenvalue weighted by Gasteiger charge is 2.19. The maximum atomic E-state index is 13.4. The fourth-order valence-corrected chi connectivity index (χ4v) is 1.87. The van der Waals surface area contributed by atoms with Crippen molar-refractivity contribution in [2.24, 2.45) is 5.73 Å². The molecule has 1 aromatic heterocycles. The van der Waals surface area contributed by atoms with Crippen LogP contribution in [0.3, 0.4) is 0 Å². The Kier molecular flexibility index (Phi) is 3.07. The first kappa shape index (κ1) is 11.3. The Morgan fingerprint density at radius 2 is 2.00 bits per heavy atom. The molecule has 2 N–H and O–H groups in total. The van der Waals surface area contributed by atoms with Gasteiger partial charge in [-0.25, -0.2) is 8.78 Å². The van der Waals surface area contributed by atoms with E-state index in [4.69, 9.17) is 10.2 Å². The van der Waals surface area contributed by atoms with Crippen LogP contribution in [0, 0.1) is 11.6 Å². The van der Waals surface area contributed by atoms with Crippen molar-refractivity contribution >= 4 is 15.9 Å². The highest BCUT2D eigenvalue weighted by atomic mass is 79.9. The van der Waals surface area contributed by atoms with Crippen LogP contribution in [0.1, 0.15) is 17.4 Å². The van der Waals surface area contributed by atoms with E-state index in [1.54, 1.807) is 6.07 Å². The Morgan fingerprint density at radius 3 is 2.62 bits per heavy atom. The molecule has 84 valence electrons. The smallest absolute Gasteiger partial charge is 0.139 e. The summed E-state index contributed by atoms with van der Waals surface area (Å²) in [7, 11) is 0. The van der Waals surface area contributed by atoms with Gasteiger partial charge in [0.15, 0.2) is 0 Å². The fraction of sp³-hybridized carbons (Fsp3) is 0.0909. The van der Waals surface area contributed by atoms with E-state index in [0.717, 1.165) is 18.2 Å². The first-order valence-corrected chi connectivity index (χ1v) is 5.32. The zero-order chi connectivity index (χ0) is 11.7. The highest BCUT2D eigenvalue weighted by Crippen LogP contribution is 2.29. The molecule has 0 saturated heterocycles. The van der Waals surface area contributed by atoms with E-state index < -0.39 is 17.7 Å². The molecule has 2 rings (SSSR count). The quantitative estimate of drug-likeness (QED) is 0.920. The molecule has 0 amide bonds. The Hall–Kier alpha value is -1.20. The van der Waals surface area contributed by atoms with Crippen molar-refractivity contribution in [1.82, 2.24) is 0 Å². The van der Waals surface area contributed by atoms with Crippen LogP contribution in [0.2, 0.25) is 0 Å². The van der Waals surface area contributed by atoms with Crippen LogP contribution in [-0.2, 0) is 0 Å². The lowest BCUT2D eigenvalue weighted by molar-refractivity contribution is 0.476. The molecule has 0 bridgehead atoms. The van der Waals surface area contributed by atoms with Crippen LogP contribution in [0.4, 0.5) is 8.78 Å². The Morgan fingerprint density at radius 1 is 1.25 bits per heavy atom. The maximum Gasteiger partial charge on any atom is 0.139 e. The molecule has 1 aromatic carbocycles. The normalized spacial score (nSPS) is 12.8. The van der Waals surface area contributed by atoms with Crippen molar-refractivity contribution in [3.05, 3.63) is 58.0 Å². The monoisotopic (exact) mass is 287 g/mol. The fourth-order valence-electron chi connectivity index (χ4n) is 1.42. The molecule has 2 aromatic rings. The lowest BCUT2D eigenvalue weighted by atomic mass is 10.0. The molecule has 1 atom stereocenters. The molecule has 1 unspecified atom stereocenters. The minimum atomic E-state index is -0.833. The molecule has 0 saturated carbocycles. The highest BCUT2D eigenvalue weighted by molar-refractivity contribution is 9.10. The molecule has 2 nitrogen and oxygen atoms in total. The summed E-state index contributed by atoms with van der Waals surface area (Å²) in [5.74, 6) is -0.726. The van der Waals surface area contributed by atoms with Crippen molar-refractivity contribution in [2.75, 3.05) is 0 Å². The number of hydrogen-bond acceptors (Lipinski definition) is 2. The molecule has 0 aliphatic heterocycles.